The second kappa shape index (κ2) is 23.2. The van der Waals surface area contributed by atoms with E-state index in [4.69, 9.17) is 14.6 Å². The van der Waals surface area contributed by atoms with Crippen molar-refractivity contribution in [1.29, 1.82) is 0 Å². The molecule has 0 bridgehead atoms. The van der Waals surface area contributed by atoms with Crippen molar-refractivity contribution in [3.8, 4) is 0 Å². The molecule has 4 aromatic carbocycles. The molecule has 13 heteroatoms. The van der Waals surface area contributed by atoms with Crippen LogP contribution in [0.4, 0.5) is 8.78 Å². The number of nitrogens with zero attached hydrogens (tertiary/aromatic N) is 3. The summed E-state index contributed by atoms with van der Waals surface area (Å²) >= 11 is 0. The number of morpholine rings is 2. The Hall–Kier alpha value is -5.18. The third kappa shape index (κ3) is 12.9. The maximum Gasteiger partial charge on any atom is 0.335 e. The standard InChI is InChI=1S/C24H29FN2O3.C20H22FNO3.C4H9NO/c1-4-24(26(2)3,22(28)19-9-11-21(25)12-10-19)17-18-5-7-20(8-6-18)23(29)27-13-15-30-16-14-27;1-4-20(22(2)3,18(23)15-9-11-17(21)12-10-15)13-14-5-7-16(8-6-14)19(24)25;1-3-6-4-2-5-1/h5-12H,4,13-17H2,1-3H3;5-12H,4,13H2,1-3H3,(H,24,25);5H,1-4H2. The van der Waals surface area contributed by atoms with Gasteiger partial charge in [-0.25, -0.2) is 13.6 Å². The highest BCUT2D eigenvalue weighted by Gasteiger charge is 2.40. The second-order valence-corrected chi connectivity index (χ2v) is 15.6. The zero-order valence-corrected chi connectivity index (χ0v) is 36.2. The van der Waals surface area contributed by atoms with Crippen LogP contribution in [0.5, 0.6) is 0 Å². The van der Waals surface area contributed by atoms with Crippen molar-refractivity contribution in [2.24, 2.45) is 0 Å². The van der Waals surface area contributed by atoms with Crippen molar-refractivity contribution >= 4 is 23.4 Å². The predicted octanol–water partition coefficient (Wildman–Crippen LogP) is 6.70. The molecule has 2 aliphatic heterocycles. The van der Waals surface area contributed by atoms with E-state index >= 15 is 0 Å². The van der Waals surface area contributed by atoms with Crippen molar-refractivity contribution in [2.75, 3.05) is 80.8 Å². The topological polar surface area (TPSA) is 129 Å². The third-order valence-electron chi connectivity index (χ3n) is 11.5. The zero-order valence-electron chi connectivity index (χ0n) is 36.2. The van der Waals surface area contributed by atoms with E-state index in [2.05, 4.69) is 5.32 Å². The number of likely N-dealkylation sites (N-methyl/N-ethyl adjacent to an activating group) is 2. The van der Waals surface area contributed by atoms with Gasteiger partial charge in [-0.2, -0.15) is 0 Å². The SMILES string of the molecule is C1COCCN1.CCC(Cc1ccc(C(=O)N2CCOCC2)cc1)(C(=O)c1ccc(F)cc1)N(C)C.CCC(Cc1ccc(C(=O)O)cc1)(C(=O)c1ccc(F)cc1)N(C)C. The molecule has 328 valence electrons. The van der Waals surface area contributed by atoms with Crippen LogP contribution in [0.25, 0.3) is 0 Å². The molecule has 0 spiro atoms. The molecule has 2 saturated heterocycles. The van der Waals surface area contributed by atoms with Crippen LogP contribution in [0, 0.1) is 11.6 Å². The van der Waals surface area contributed by atoms with E-state index in [1.807, 2.05) is 76.1 Å². The summed E-state index contributed by atoms with van der Waals surface area (Å²) in [5.41, 5.74) is 2.09. The van der Waals surface area contributed by atoms with Gasteiger partial charge in [-0.15, -0.1) is 0 Å². The average Bonchev–Trinajstić information content (AvgIpc) is 3.28. The number of rotatable bonds is 14. The Morgan fingerprint density at radius 2 is 0.951 bits per heavy atom. The maximum atomic E-state index is 13.4. The Morgan fingerprint density at radius 3 is 1.26 bits per heavy atom. The zero-order chi connectivity index (χ0) is 44.6. The van der Waals surface area contributed by atoms with Gasteiger partial charge in [0, 0.05) is 42.9 Å². The molecule has 1 amide bonds. The summed E-state index contributed by atoms with van der Waals surface area (Å²) in [6, 6.07) is 25.3. The van der Waals surface area contributed by atoms with Crippen LogP contribution in [0.3, 0.4) is 0 Å². The summed E-state index contributed by atoms with van der Waals surface area (Å²) in [4.78, 5) is 55.8. The van der Waals surface area contributed by atoms with Crippen molar-refractivity contribution in [3.05, 3.63) is 142 Å². The van der Waals surface area contributed by atoms with Crippen LogP contribution in [0.2, 0.25) is 0 Å². The number of carboxylic acid groups (broad SMARTS) is 1. The minimum atomic E-state index is -0.983. The Bertz CT molecular complexity index is 2010. The van der Waals surface area contributed by atoms with Crippen LogP contribution in [0.15, 0.2) is 97.1 Å². The van der Waals surface area contributed by atoms with Crippen LogP contribution >= 0.6 is 0 Å². The van der Waals surface area contributed by atoms with E-state index in [9.17, 15) is 28.0 Å². The number of amides is 1. The van der Waals surface area contributed by atoms with Gasteiger partial charge < -0.3 is 24.8 Å². The molecule has 11 nitrogen and oxygen atoms in total. The lowest BCUT2D eigenvalue weighted by Gasteiger charge is -2.38. The Labute approximate surface area is 358 Å². The molecular weight excluding hydrogens is 783 g/mol. The van der Waals surface area contributed by atoms with Crippen molar-refractivity contribution < 1.29 is 42.5 Å². The number of Topliss-reactive ketones (excluding diaryl/α,β-unsaturated/α-hetero) is 2. The molecule has 0 radical (unpaired) electrons. The van der Waals surface area contributed by atoms with Crippen LogP contribution in [0.1, 0.15) is 79.2 Å². The summed E-state index contributed by atoms with van der Waals surface area (Å²) in [5, 5.41) is 12.2. The smallest absolute Gasteiger partial charge is 0.335 e. The van der Waals surface area contributed by atoms with Crippen molar-refractivity contribution in [2.45, 2.75) is 50.6 Å². The van der Waals surface area contributed by atoms with E-state index in [-0.39, 0.29) is 34.7 Å². The Kier molecular flexibility index (Phi) is 18.4. The number of halogens is 2. The lowest BCUT2D eigenvalue weighted by Crippen LogP contribution is -2.52. The fourth-order valence-electron chi connectivity index (χ4n) is 7.50. The van der Waals surface area contributed by atoms with Gasteiger partial charge in [-0.3, -0.25) is 24.2 Å². The van der Waals surface area contributed by atoms with E-state index in [1.54, 1.807) is 17.0 Å². The van der Waals surface area contributed by atoms with E-state index < -0.39 is 17.0 Å². The molecule has 0 saturated carbocycles. The first-order valence-corrected chi connectivity index (χ1v) is 20.7. The van der Waals surface area contributed by atoms with E-state index in [0.717, 1.165) is 37.4 Å². The number of ether oxygens (including phenoxy) is 2. The van der Waals surface area contributed by atoms with Gasteiger partial charge in [-0.1, -0.05) is 38.1 Å². The molecule has 4 aromatic rings. The molecule has 2 heterocycles. The number of hydrogen-bond donors (Lipinski definition) is 2. The van der Waals surface area contributed by atoms with Gasteiger partial charge >= 0.3 is 5.97 Å². The first kappa shape index (κ1) is 48.5. The van der Waals surface area contributed by atoms with Gasteiger partial charge in [-0.05, 0) is 138 Å². The van der Waals surface area contributed by atoms with Crippen LogP contribution in [-0.2, 0) is 22.3 Å². The minimum absolute atomic E-state index is 0.00148. The lowest BCUT2D eigenvalue weighted by atomic mass is 9.80. The fraction of sp³-hybridized carbons (Fsp3) is 0.417. The highest BCUT2D eigenvalue weighted by Crippen LogP contribution is 2.30. The van der Waals surface area contributed by atoms with Gasteiger partial charge in [0.15, 0.2) is 11.6 Å². The van der Waals surface area contributed by atoms with Crippen molar-refractivity contribution in [3.63, 3.8) is 0 Å². The monoisotopic (exact) mass is 842 g/mol. The predicted molar refractivity (Wildman–Crippen MR) is 233 cm³/mol. The minimum Gasteiger partial charge on any atom is -0.478 e. The summed E-state index contributed by atoms with van der Waals surface area (Å²) in [6.45, 7) is 10.1. The molecular formula is C48H60F2N4O7. The Balaban J connectivity index is 0.000000239. The molecule has 6 rings (SSSR count). The van der Waals surface area contributed by atoms with E-state index in [1.165, 1.54) is 60.7 Å². The molecule has 2 atom stereocenters. The molecule has 61 heavy (non-hydrogen) atoms. The van der Waals surface area contributed by atoms with Gasteiger partial charge in [0.2, 0.25) is 0 Å². The lowest BCUT2D eigenvalue weighted by molar-refractivity contribution is 0.0302. The van der Waals surface area contributed by atoms with Gasteiger partial charge in [0.1, 0.15) is 11.6 Å². The molecule has 2 aliphatic rings. The van der Waals surface area contributed by atoms with Gasteiger partial charge in [0.25, 0.3) is 5.91 Å². The number of carbonyl (C=O) groups excluding carboxylic acids is 3. The fourth-order valence-corrected chi connectivity index (χ4v) is 7.50. The number of aromatic carboxylic acids is 1. The molecule has 0 aromatic heterocycles. The first-order chi connectivity index (χ1) is 29.2. The van der Waals surface area contributed by atoms with Crippen LogP contribution in [-0.4, -0.2) is 135 Å². The number of benzene rings is 4. The summed E-state index contributed by atoms with van der Waals surface area (Å²) in [7, 11) is 7.47. The molecule has 2 N–H and O–H groups in total. The largest absolute Gasteiger partial charge is 0.478 e. The quantitative estimate of drug-likeness (QED) is 0.133. The van der Waals surface area contributed by atoms with E-state index in [0.29, 0.717) is 68.7 Å². The number of hydrogen-bond acceptors (Lipinski definition) is 9. The highest BCUT2D eigenvalue weighted by atomic mass is 19.1. The normalized spacial score (nSPS) is 15.9. The molecule has 0 aliphatic carbocycles. The first-order valence-electron chi connectivity index (χ1n) is 20.7. The molecule has 2 fully saturated rings. The number of carboxylic acids is 1. The third-order valence-corrected chi connectivity index (χ3v) is 11.5. The summed E-state index contributed by atoms with van der Waals surface area (Å²) in [5.74, 6) is -1.84. The molecule has 2 unspecified atom stereocenters. The van der Waals surface area contributed by atoms with Crippen LogP contribution < -0.4 is 5.32 Å². The average molecular weight is 843 g/mol. The number of ketones is 2. The summed E-state index contributed by atoms with van der Waals surface area (Å²) in [6.07, 6.45) is 2.10. The second-order valence-electron chi connectivity index (χ2n) is 15.6. The highest BCUT2D eigenvalue weighted by molar-refractivity contribution is 6.04. The number of nitrogens with one attached hydrogen (secondary N) is 1. The van der Waals surface area contributed by atoms with Gasteiger partial charge in [0.05, 0.1) is 43.1 Å². The number of carbonyl (C=O) groups is 4. The summed E-state index contributed by atoms with van der Waals surface area (Å²) < 4.78 is 36.8. The Morgan fingerprint density at radius 1 is 0.590 bits per heavy atom. The van der Waals surface area contributed by atoms with Crippen molar-refractivity contribution in [1.82, 2.24) is 20.0 Å². The maximum absolute atomic E-state index is 13.4.